The third-order valence-corrected chi connectivity index (χ3v) is 8.23. The summed E-state index contributed by atoms with van der Waals surface area (Å²) >= 11 is 3.25. The third kappa shape index (κ3) is 4.07. The minimum absolute atomic E-state index is 0.109. The highest BCUT2D eigenvalue weighted by atomic mass is 79.9. The molecule has 1 saturated heterocycles. The number of halogens is 3. The first-order valence-electron chi connectivity index (χ1n) is 8.26. The fraction of sp³-hybridized carbons (Fsp3) is 0.294. The molecule has 3 rings (SSSR count). The van der Waals surface area contributed by atoms with Crippen molar-refractivity contribution in [1.82, 2.24) is 4.31 Å². The van der Waals surface area contributed by atoms with Crippen molar-refractivity contribution in [1.29, 1.82) is 0 Å². The number of hydrogen-bond acceptors (Lipinski definition) is 5. The van der Waals surface area contributed by atoms with E-state index in [1.165, 1.54) is 28.6 Å². The van der Waals surface area contributed by atoms with E-state index in [4.69, 9.17) is 0 Å². The highest BCUT2D eigenvalue weighted by Gasteiger charge is 2.33. The lowest BCUT2D eigenvalue weighted by atomic mass is 10.2. The lowest BCUT2D eigenvalue weighted by molar-refractivity contribution is 0.234. The molecular formula is C17H17BrF2N2O4S2. The molecule has 152 valence electrons. The molecule has 0 aromatic heterocycles. The van der Waals surface area contributed by atoms with Crippen molar-refractivity contribution in [3.05, 3.63) is 53.0 Å². The first kappa shape index (κ1) is 21.2. The normalized spacial score (nSPS) is 16.5. The molecule has 0 unspecified atom stereocenters. The van der Waals surface area contributed by atoms with Gasteiger partial charge in [-0.15, -0.1) is 0 Å². The largest absolute Gasteiger partial charge is 0.368 e. The van der Waals surface area contributed by atoms with E-state index in [9.17, 15) is 25.6 Å². The van der Waals surface area contributed by atoms with E-state index in [2.05, 4.69) is 15.9 Å². The van der Waals surface area contributed by atoms with Gasteiger partial charge in [-0.05, 0) is 30.3 Å². The Kier molecular flexibility index (Phi) is 6.08. The maximum atomic E-state index is 13.0. The molecule has 6 nitrogen and oxygen atoms in total. The zero-order valence-electron chi connectivity index (χ0n) is 14.5. The average molecular weight is 495 g/mol. The predicted octanol–water partition coefficient (Wildman–Crippen LogP) is 2.96. The van der Waals surface area contributed by atoms with Gasteiger partial charge in [0.25, 0.3) is 0 Å². The molecule has 0 saturated carbocycles. The Morgan fingerprint density at radius 1 is 0.893 bits per heavy atom. The lowest BCUT2D eigenvalue weighted by Crippen LogP contribution is -2.49. The van der Waals surface area contributed by atoms with Crippen LogP contribution in [0, 0.1) is 0 Å². The topological polar surface area (TPSA) is 74.8 Å². The van der Waals surface area contributed by atoms with Gasteiger partial charge in [-0.25, -0.2) is 16.8 Å². The van der Waals surface area contributed by atoms with Gasteiger partial charge in [-0.2, -0.15) is 13.1 Å². The van der Waals surface area contributed by atoms with Gasteiger partial charge < -0.3 is 4.90 Å². The summed E-state index contributed by atoms with van der Waals surface area (Å²) < 4.78 is 77.4. The maximum Gasteiger partial charge on any atom is 0.341 e. The molecule has 0 atom stereocenters. The first-order chi connectivity index (χ1) is 13.1. The van der Waals surface area contributed by atoms with Gasteiger partial charge in [0.15, 0.2) is 0 Å². The molecule has 1 heterocycles. The number of hydrogen-bond donors (Lipinski definition) is 0. The second kappa shape index (κ2) is 8.05. The Morgan fingerprint density at radius 2 is 1.54 bits per heavy atom. The van der Waals surface area contributed by atoms with Crippen LogP contribution >= 0.6 is 15.9 Å². The number of alkyl halides is 2. The van der Waals surface area contributed by atoms with Gasteiger partial charge in [0, 0.05) is 30.7 Å². The molecule has 0 spiro atoms. The van der Waals surface area contributed by atoms with Gasteiger partial charge in [-0.1, -0.05) is 34.1 Å². The van der Waals surface area contributed by atoms with Crippen LogP contribution in [-0.2, 0) is 19.9 Å². The van der Waals surface area contributed by atoms with Crippen LogP contribution in [0.4, 0.5) is 14.5 Å². The second-order valence-electron chi connectivity index (χ2n) is 6.12. The van der Waals surface area contributed by atoms with Gasteiger partial charge in [0.05, 0.1) is 15.5 Å². The third-order valence-electron chi connectivity index (χ3n) is 4.42. The monoisotopic (exact) mass is 494 g/mol. The molecule has 2 aromatic carbocycles. The Labute approximate surface area is 170 Å². The van der Waals surface area contributed by atoms with Crippen LogP contribution < -0.4 is 4.90 Å². The molecule has 0 N–H and O–H groups in total. The van der Waals surface area contributed by atoms with Gasteiger partial charge in [0.2, 0.25) is 19.9 Å². The molecule has 11 heteroatoms. The predicted molar refractivity (Wildman–Crippen MR) is 105 cm³/mol. The van der Waals surface area contributed by atoms with E-state index in [1.54, 1.807) is 23.1 Å². The lowest BCUT2D eigenvalue weighted by Gasteiger charge is -2.36. The molecule has 1 fully saturated rings. The van der Waals surface area contributed by atoms with E-state index in [-0.39, 0.29) is 36.8 Å². The van der Waals surface area contributed by atoms with E-state index in [1.807, 2.05) is 0 Å². The van der Waals surface area contributed by atoms with E-state index in [0.29, 0.717) is 4.47 Å². The van der Waals surface area contributed by atoms with Crippen LogP contribution in [0.25, 0.3) is 0 Å². The maximum absolute atomic E-state index is 13.0. The van der Waals surface area contributed by atoms with Crippen LogP contribution in [-0.4, -0.2) is 53.1 Å². The first-order valence-corrected chi connectivity index (χ1v) is 12.0. The standard InChI is InChI=1S/C17H17BrF2N2O4S2/c18-13-4-3-5-14(12-13)28(25,26)22-10-8-21(9-11-22)15-6-1-2-7-16(15)27(23,24)17(19)20/h1-7,12,17H,8-11H2. The van der Waals surface area contributed by atoms with Crippen LogP contribution in [0.2, 0.25) is 0 Å². The van der Waals surface area contributed by atoms with Crippen molar-refractivity contribution in [3.63, 3.8) is 0 Å². The summed E-state index contributed by atoms with van der Waals surface area (Å²) in [7, 11) is -8.46. The summed E-state index contributed by atoms with van der Waals surface area (Å²) in [6.45, 7) is 0.585. The molecular weight excluding hydrogens is 478 g/mol. The molecule has 2 aromatic rings. The van der Waals surface area contributed by atoms with Crippen LogP contribution in [0.15, 0.2) is 62.8 Å². The number of piperazine rings is 1. The summed E-state index contributed by atoms with van der Waals surface area (Å²) in [5.41, 5.74) is 0.155. The molecule has 0 radical (unpaired) electrons. The minimum atomic E-state index is -4.76. The van der Waals surface area contributed by atoms with Crippen LogP contribution in [0.1, 0.15) is 0 Å². The summed E-state index contributed by atoms with van der Waals surface area (Å²) in [5, 5.41) is 0. The van der Waals surface area contributed by atoms with Crippen molar-refractivity contribution in [2.24, 2.45) is 0 Å². The number of nitrogens with zero attached hydrogens (tertiary/aromatic N) is 2. The second-order valence-corrected chi connectivity index (χ2v) is 10.9. The molecule has 1 aliphatic heterocycles. The highest BCUT2D eigenvalue weighted by Crippen LogP contribution is 2.30. The van der Waals surface area contributed by atoms with Crippen molar-refractivity contribution in [2.45, 2.75) is 15.5 Å². The van der Waals surface area contributed by atoms with Gasteiger partial charge in [-0.3, -0.25) is 0 Å². The number of benzene rings is 2. The zero-order valence-corrected chi connectivity index (χ0v) is 17.7. The number of sulfone groups is 1. The fourth-order valence-corrected chi connectivity index (χ4v) is 5.97. The van der Waals surface area contributed by atoms with Crippen molar-refractivity contribution in [2.75, 3.05) is 31.1 Å². The van der Waals surface area contributed by atoms with E-state index < -0.39 is 30.5 Å². The number of para-hydroxylation sites is 1. The Hall–Kier alpha value is -1.56. The Balaban J connectivity index is 1.82. The molecule has 0 bridgehead atoms. The minimum Gasteiger partial charge on any atom is -0.368 e. The number of sulfonamides is 1. The molecule has 0 aliphatic carbocycles. The summed E-state index contributed by atoms with van der Waals surface area (Å²) in [5.74, 6) is -3.52. The summed E-state index contributed by atoms with van der Waals surface area (Å²) in [6, 6.07) is 11.9. The SMILES string of the molecule is O=S(=O)(c1ccccc1N1CCN(S(=O)(=O)c2cccc(Br)c2)CC1)C(F)F. The van der Waals surface area contributed by atoms with Crippen LogP contribution in [0.5, 0.6) is 0 Å². The molecule has 0 amide bonds. The van der Waals surface area contributed by atoms with Gasteiger partial charge >= 0.3 is 5.76 Å². The van der Waals surface area contributed by atoms with Gasteiger partial charge in [0.1, 0.15) is 0 Å². The zero-order chi connectivity index (χ0) is 20.5. The Bertz CT molecular complexity index is 1070. The fourth-order valence-electron chi connectivity index (χ4n) is 3.00. The average Bonchev–Trinajstić information content (AvgIpc) is 2.68. The van der Waals surface area contributed by atoms with E-state index >= 15 is 0 Å². The summed E-state index contributed by atoms with van der Waals surface area (Å²) in [4.78, 5) is 1.31. The number of rotatable bonds is 5. The quantitative estimate of drug-likeness (QED) is 0.638. The summed E-state index contributed by atoms with van der Waals surface area (Å²) in [6.07, 6.45) is 0. The van der Waals surface area contributed by atoms with Crippen molar-refractivity contribution >= 4 is 41.5 Å². The van der Waals surface area contributed by atoms with Crippen molar-refractivity contribution < 1.29 is 25.6 Å². The highest BCUT2D eigenvalue weighted by molar-refractivity contribution is 9.10. The molecule has 1 aliphatic rings. The molecule has 28 heavy (non-hydrogen) atoms. The smallest absolute Gasteiger partial charge is 0.341 e. The van der Waals surface area contributed by atoms with Crippen molar-refractivity contribution in [3.8, 4) is 0 Å². The van der Waals surface area contributed by atoms with E-state index in [0.717, 1.165) is 6.07 Å². The number of anilines is 1. The van der Waals surface area contributed by atoms with Crippen LogP contribution in [0.3, 0.4) is 0 Å². The Morgan fingerprint density at radius 3 is 2.14 bits per heavy atom.